The summed E-state index contributed by atoms with van der Waals surface area (Å²) in [6, 6.07) is 7.33. The summed E-state index contributed by atoms with van der Waals surface area (Å²) in [5.41, 5.74) is -0.0665. The van der Waals surface area contributed by atoms with Gasteiger partial charge in [-0.2, -0.15) is 5.10 Å². The van der Waals surface area contributed by atoms with Gasteiger partial charge in [0.25, 0.3) is 11.5 Å². The average molecular weight is 361 g/mol. The van der Waals surface area contributed by atoms with E-state index < -0.39 is 18.0 Å². The first kappa shape index (κ1) is 19.0. The second-order valence-electron chi connectivity index (χ2n) is 5.28. The Morgan fingerprint density at radius 2 is 1.88 bits per heavy atom. The van der Waals surface area contributed by atoms with E-state index in [0.717, 1.165) is 4.68 Å². The molecule has 0 aliphatic rings. The minimum absolute atomic E-state index is 0.0780. The van der Waals surface area contributed by atoms with Crippen LogP contribution in [0.3, 0.4) is 0 Å². The second-order valence-corrected chi connectivity index (χ2v) is 5.28. The highest BCUT2D eigenvalue weighted by Gasteiger charge is 2.21. The molecule has 2 aromatic rings. The zero-order valence-corrected chi connectivity index (χ0v) is 14.8. The molecule has 138 valence electrons. The number of amides is 1. The lowest BCUT2D eigenvalue weighted by molar-refractivity contribution is -0.123. The maximum atomic E-state index is 12.3. The van der Waals surface area contributed by atoms with Crippen LogP contribution in [-0.4, -0.2) is 42.0 Å². The predicted octanol–water partition coefficient (Wildman–Crippen LogP) is 0.981. The lowest BCUT2D eigenvalue weighted by atomic mass is 10.2. The van der Waals surface area contributed by atoms with Crippen molar-refractivity contribution in [3.63, 3.8) is 0 Å². The lowest BCUT2D eigenvalue weighted by Crippen LogP contribution is -2.31. The molecule has 1 unspecified atom stereocenters. The minimum Gasteiger partial charge on any atom is -0.497 e. The van der Waals surface area contributed by atoms with Crippen LogP contribution in [0, 0.1) is 0 Å². The maximum absolute atomic E-state index is 12.3. The molecule has 0 aliphatic heterocycles. The first-order valence-electron chi connectivity index (χ1n) is 7.64. The number of aromatic nitrogens is 2. The van der Waals surface area contributed by atoms with Crippen LogP contribution >= 0.6 is 0 Å². The predicted molar refractivity (Wildman–Crippen MR) is 92.5 cm³/mol. The minimum atomic E-state index is -1.10. The molecule has 26 heavy (non-hydrogen) atoms. The largest absolute Gasteiger partial charge is 0.497 e. The third-order valence-electron chi connectivity index (χ3n) is 3.49. The summed E-state index contributed by atoms with van der Waals surface area (Å²) in [5, 5.41) is 6.40. The summed E-state index contributed by atoms with van der Waals surface area (Å²) in [7, 11) is 4.37. The Bertz CT molecular complexity index is 877. The second kappa shape index (κ2) is 8.15. The van der Waals surface area contributed by atoms with E-state index in [2.05, 4.69) is 10.4 Å². The molecule has 9 heteroatoms. The van der Waals surface area contributed by atoms with Crippen LogP contribution in [0.25, 0.3) is 0 Å². The normalized spacial score (nSPS) is 11.4. The molecule has 1 aromatic carbocycles. The van der Waals surface area contributed by atoms with Gasteiger partial charge in [-0.05, 0) is 25.1 Å². The number of carbonyl (C=O) groups is 2. The van der Waals surface area contributed by atoms with Crippen molar-refractivity contribution in [3.05, 3.63) is 46.4 Å². The standard InChI is InChI=1S/C17H19N3O6/c1-10(26-17(23)12-6-8-15(21)20(2)19-12)16(22)18-13-9-11(24-3)5-7-14(13)25-4/h5-10H,1-4H3,(H,18,22). The van der Waals surface area contributed by atoms with Crippen LogP contribution in [0.4, 0.5) is 5.69 Å². The van der Waals surface area contributed by atoms with Crippen LogP contribution in [0.15, 0.2) is 35.1 Å². The molecule has 0 spiro atoms. The molecule has 1 N–H and O–H groups in total. The molecule has 0 saturated heterocycles. The highest BCUT2D eigenvalue weighted by Crippen LogP contribution is 2.29. The fourth-order valence-electron chi connectivity index (χ4n) is 2.03. The van der Waals surface area contributed by atoms with Gasteiger partial charge in [0.15, 0.2) is 11.8 Å². The van der Waals surface area contributed by atoms with Gasteiger partial charge in [0.2, 0.25) is 0 Å². The molecule has 9 nitrogen and oxygen atoms in total. The molecular weight excluding hydrogens is 342 g/mol. The Morgan fingerprint density at radius 1 is 1.15 bits per heavy atom. The zero-order chi connectivity index (χ0) is 19.3. The SMILES string of the molecule is COc1ccc(OC)c(NC(=O)C(C)OC(=O)c2ccc(=O)n(C)n2)c1. The molecule has 2 rings (SSSR count). The van der Waals surface area contributed by atoms with Gasteiger partial charge in [-0.25, -0.2) is 9.48 Å². The monoisotopic (exact) mass is 361 g/mol. The fourth-order valence-corrected chi connectivity index (χ4v) is 2.03. The number of nitrogens with one attached hydrogen (secondary N) is 1. The topological polar surface area (TPSA) is 109 Å². The number of carbonyl (C=O) groups excluding carboxylic acids is 2. The molecule has 0 fully saturated rings. The van der Waals surface area contributed by atoms with E-state index >= 15 is 0 Å². The van der Waals surface area contributed by atoms with Crippen molar-refractivity contribution in [2.45, 2.75) is 13.0 Å². The van der Waals surface area contributed by atoms with Gasteiger partial charge in [0.05, 0.1) is 19.9 Å². The maximum Gasteiger partial charge on any atom is 0.359 e. The quantitative estimate of drug-likeness (QED) is 0.764. The molecule has 1 amide bonds. The van der Waals surface area contributed by atoms with E-state index in [1.807, 2.05) is 0 Å². The van der Waals surface area contributed by atoms with E-state index in [1.54, 1.807) is 18.2 Å². The van der Waals surface area contributed by atoms with Crippen molar-refractivity contribution in [3.8, 4) is 11.5 Å². The summed E-state index contributed by atoms with van der Waals surface area (Å²) >= 11 is 0. The molecule has 1 heterocycles. The zero-order valence-electron chi connectivity index (χ0n) is 14.8. The van der Waals surface area contributed by atoms with Crippen molar-refractivity contribution in [2.24, 2.45) is 7.05 Å². The van der Waals surface area contributed by atoms with Gasteiger partial charge in [-0.1, -0.05) is 0 Å². The van der Waals surface area contributed by atoms with Crippen molar-refractivity contribution in [1.82, 2.24) is 9.78 Å². The third kappa shape index (κ3) is 4.38. The van der Waals surface area contributed by atoms with E-state index in [-0.39, 0.29) is 11.3 Å². The van der Waals surface area contributed by atoms with E-state index in [9.17, 15) is 14.4 Å². The molecule has 0 aliphatic carbocycles. The Morgan fingerprint density at radius 3 is 2.50 bits per heavy atom. The van der Waals surface area contributed by atoms with Crippen LogP contribution in [0.1, 0.15) is 17.4 Å². The fraction of sp³-hybridized carbons (Fsp3) is 0.294. The van der Waals surface area contributed by atoms with Gasteiger partial charge >= 0.3 is 5.97 Å². The number of hydrogen-bond donors (Lipinski definition) is 1. The van der Waals surface area contributed by atoms with Crippen LogP contribution in [0.5, 0.6) is 11.5 Å². The number of nitrogens with zero attached hydrogens (tertiary/aromatic N) is 2. The number of hydrogen-bond acceptors (Lipinski definition) is 7. The third-order valence-corrected chi connectivity index (χ3v) is 3.49. The number of anilines is 1. The number of aryl methyl sites for hydroxylation is 1. The Kier molecular flexibility index (Phi) is 5.94. The van der Waals surface area contributed by atoms with E-state index in [1.165, 1.54) is 40.3 Å². The summed E-state index contributed by atoms with van der Waals surface area (Å²) in [6.45, 7) is 1.42. The van der Waals surface area contributed by atoms with Crippen LogP contribution in [0.2, 0.25) is 0 Å². The van der Waals surface area contributed by atoms with Gasteiger partial charge in [-0.15, -0.1) is 0 Å². The van der Waals surface area contributed by atoms with Gasteiger partial charge < -0.3 is 19.5 Å². The van der Waals surface area contributed by atoms with Crippen LogP contribution in [-0.2, 0) is 16.6 Å². The number of benzene rings is 1. The molecule has 0 radical (unpaired) electrons. The molecule has 1 atom stereocenters. The summed E-state index contributed by atoms with van der Waals surface area (Å²) in [4.78, 5) is 35.7. The van der Waals surface area contributed by atoms with Crippen molar-refractivity contribution in [2.75, 3.05) is 19.5 Å². The summed E-state index contributed by atoms with van der Waals surface area (Å²) in [5.74, 6) is -0.423. The number of methoxy groups -OCH3 is 2. The first-order chi connectivity index (χ1) is 12.3. The van der Waals surface area contributed by atoms with Gasteiger partial charge in [0, 0.05) is 19.2 Å². The van der Waals surface area contributed by atoms with Crippen molar-refractivity contribution in [1.29, 1.82) is 0 Å². The summed E-state index contributed by atoms with van der Waals surface area (Å²) < 4.78 is 16.4. The highest BCUT2D eigenvalue weighted by molar-refractivity contribution is 5.97. The van der Waals surface area contributed by atoms with E-state index in [4.69, 9.17) is 14.2 Å². The van der Waals surface area contributed by atoms with Gasteiger partial charge in [0.1, 0.15) is 11.5 Å². The number of esters is 1. The Hall–Kier alpha value is -3.36. The van der Waals surface area contributed by atoms with E-state index in [0.29, 0.717) is 17.2 Å². The van der Waals surface area contributed by atoms with Crippen LogP contribution < -0.4 is 20.3 Å². The summed E-state index contributed by atoms with van der Waals surface area (Å²) in [6.07, 6.45) is -1.10. The van der Waals surface area contributed by atoms with Gasteiger partial charge in [-0.3, -0.25) is 9.59 Å². The van der Waals surface area contributed by atoms with Crippen molar-refractivity contribution < 1.29 is 23.8 Å². The molecule has 1 aromatic heterocycles. The molecule has 0 saturated carbocycles. The first-order valence-corrected chi connectivity index (χ1v) is 7.64. The Labute approximate surface area is 149 Å². The average Bonchev–Trinajstić information content (AvgIpc) is 2.63. The Balaban J connectivity index is 2.08. The van der Waals surface area contributed by atoms with Crippen molar-refractivity contribution >= 4 is 17.6 Å². The highest BCUT2D eigenvalue weighted by atomic mass is 16.5. The lowest BCUT2D eigenvalue weighted by Gasteiger charge is -2.15. The smallest absolute Gasteiger partial charge is 0.359 e. The molecular formula is C17H19N3O6. The number of rotatable bonds is 6. The molecule has 0 bridgehead atoms. The number of ether oxygens (including phenoxy) is 3.